The number of ether oxygens (including phenoxy) is 1. The largest absolute Gasteiger partial charge is 0.450 e. The molecular formula is C26H43N3O6. The highest BCUT2D eigenvalue weighted by Crippen LogP contribution is 2.28. The molecule has 1 heterocycles. The Morgan fingerprint density at radius 2 is 1.69 bits per heavy atom. The van der Waals surface area contributed by atoms with Crippen LogP contribution in [0.2, 0.25) is 0 Å². The molecule has 4 N–H and O–H groups in total. The van der Waals surface area contributed by atoms with Crippen LogP contribution in [0.15, 0.2) is 24.4 Å². The van der Waals surface area contributed by atoms with Crippen molar-refractivity contribution in [1.29, 1.82) is 0 Å². The van der Waals surface area contributed by atoms with Crippen LogP contribution in [0.4, 0.5) is 0 Å². The number of cyclic esters (lactones) is 1. The second-order valence-electron chi connectivity index (χ2n) is 9.67. The maximum Gasteiger partial charge on any atom is 0.329 e. The Morgan fingerprint density at radius 3 is 2.29 bits per heavy atom. The van der Waals surface area contributed by atoms with E-state index in [1.54, 1.807) is 13.8 Å². The summed E-state index contributed by atoms with van der Waals surface area (Å²) in [6.45, 7) is 12.7. The number of hydrogen-bond acceptors (Lipinski definition) is 6. The third kappa shape index (κ3) is 10.2. The summed E-state index contributed by atoms with van der Waals surface area (Å²) in [5, 5.41) is 17.5. The lowest BCUT2D eigenvalue weighted by Crippen LogP contribution is -2.54. The lowest BCUT2D eigenvalue weighted by atomic mass is 9.82. The third-order valence-corrected chi connectivity index (χ3v) is 6.29. The molecule has 0 radical (unpaired) electrons. The molecule has 0 aromatic carbocycles. The van der Waals surface area contributed by atoms with E-state index in [1.807, 2.05) is 6.92 Å². The number of hydrogen-bond donors (Lipinski definition) is 4. The highest BCUT2D eigenvalue weighted by atomic mass is 16.6. The van der Waals surface area contributed by atoms with Crippen LogP contribution in [-0.4, -0.2) is 53.6 Å². The zero-order valence-electron chi connectivity index (χ0n) is 21.8. The summed E-state index contributed by atoms with van der Waals surface area (Å²) < 4.78 is 5.77. The fraction of sp³-hybridized carbons (Fsp3) is 0.692. The number of amides is 3. The predicted molar refractivity (Wildman–Crippen MR) is 134 cm³/mol. The average molecular weight is 494 g/mol. The number of esters is 1. The number of nitrogens with one attached hydrogen (secondary N) is 3. The molecule has 1 rings (SSSR count). The Labute approximate surface area is 209 Å². The molecule has 0 bridgehead atoms. The molecule has 0 aromatic rings. The molecule has 3 amide bonds. The van der Waals surface area contributed by atoms with Gasteiger partial charge in [-0.05, 0) is 31.3 Å². The highest BCUT2D eigenvalue weighted by molar-refractivity contribution is 5.95. The van der Waals surface area contributed by atoms with Gasteiger partial charge in [0.1, 0.15) is 12.1 Å². The maximum atomic E-state index is 13.3. The van der Waals surface area contributed by atoms with E-state index in [-0.39, 0.29) is 30.6 Å². The minimum Gasteiger partial charge on any atom is -0.450 e. The molecule has 9 nitrogen and oxygen atoms in total. The monoisotopic (exact) mass is 493 g/mol. The fourth-order valence-corrected chi connectivity index (χ4v) is 4.07. The first kappa shape index (κ1) is 30.4. The molecule has 0 saturated heterocycles. The lowest BCUT2D eigenvalue weighted by Gasteiger charge is -2.32. The summed E-state index contributed by atoms with van der Waals surface area (Å²) in [6.07, 6.45) is 6.60. The Kier molecular flexibility index (Phi) is 13.3. The van der Waals surface area contributed by atoms with Gasteiger partial charge in [-0.3, -0.25) is 14.4 Å². The van der Waals surface area contributed by atoms with Crippen molar-refractivity contribution in [3.05, 3.63) is 24.4 Å². The van der Waals surface area contributed by atoms with Crippen LogP contribution < -0.4 is 16.0 Å². The zero-order valence-corrected chi connectivity index (χ0v) is 21.8. The predicted octanol–water partition coefficient (Wildman–Crippen LogP) is 2.35. The molecule has 0 saturated carbocycles. The molecular weight excluding hydrogens is 450 g/mol. The van der Waals surface area contributed by atoms with Gasteiger partial charge in [-0.15, -0.1) is 0 Å². The summed E-state index contributed by atoms with van der Waals surface area (Å²) in [4.78, 5) is 51.3. The fourth-order valence-electron chi connectivity index (χ4n) is 4.07. The van der Waals surface area contributed by atoms with Crippen LogP contribution >= 0.6 is 0 Å². The Morgan fingerprint density at radius 1 is 1.00 bits per heavy atom. The van der Waals surface area contributed by atoms with Crippen molar-refractivity contribution in [2.45, 2.75) is 91.3 Å². The van der Waals surface area contributed by atoms with Crippen LogP contribution in [0.3, 0.4) is 0 Å². The van der Waals surface area contributed by atoms with Gasteiger partial charge in [-0.25, -0.2) is 4.79 Å². The topological polar surface area (TPSA) is 134 Å². The minimum absolute atomic E-state index is 0.0110. The summed E-state index contributed by atoms with van der Waals surface area (Å²) in [5.74, 6) is -3.21. The molecule has 0 fully saturated rings. The number of aliphatic hydroxyl groups excluding tert-OH is 1. The van der Waals surface area contributed by atoms with E-state index in [9.17, 15) is 24.3 Å². The summed E-state index contributed by atoms with van der Waals surface area (Å²) in [6, 6.07) is -1.92. The molecule has 0 spiro atoms. The number of carbonyl (C=O) groups excluding carboxylic acids is 4. The van der Waals surface area contributed by atoms with Gasteiger partial charge in [0.2, 0.25) is 11.8 Å². The van der Waals surface area contributed by atoms with E-state index < -0.39 is 47.8 Å². The average Bonchev–Trinajstić information content (AvgIpc) is 2.79. The van der Waals surface area contributed by atoms with Crippen LogP contribution in [-0.2, 0) is 23.9 Å². The molecule has 5 unspecified atom stereocenters. The van der Waals surface area contributed by atoms with Crippen molar-refractivity contribution in [2.24, 2.45) is 17.8 Å². The quantitative estimate of drug-likeness (QED) is 0.273. The molecule has 9 heteroatoms. The van der Waals surface area contributed by atoms with E-state index in [4.69, 9.17) is 4.74 Å². The maximum absolute atomic E-state index is 13.3. The third-order valence-electron chi connectivity index (χ3n) is 6.29. The van der Waals surface area contributed by atoms with Gasteiger partial charge in [-0.2, -0.15) is 0 Å². The minimum atomic E-state index is -1.20. The molecule has 0 aromatic heterocycles. The first-order chi connectivity index (χ1) is 16.5. The lowest BCUT2D eigenvalue weighted by molar-refractivity contribution is -0.164. The van der Waals surface area contributed by atoms with Crippen molar-refractivity contribution in [2.75, 3.05) is 6.61 Å². The molecule has 35 heavy (non-hydrogen) atoms. The first-order valence-corrected chi connectivity index (χ1v) is 12.6. The van der Waals surface area contributed by atoms with Crippen LogP contribution in [0.1, 0.15) is 73.1 Å². The number of rotatable bonds is 10. The number of allylic oxidation sites excluding steroid dienone is 1. The Bertz CT molecular complexity index is 779. The van der Waals surface area contributed by atoms with Gasteiger partial charge in [0.05, 0.1) is 0 Å². The van der Waals surface area contributed by atoms with Gasteiger partial charge in [0.15, 0.2) is 6.10 Å². The Hall–Kier alpha value is -2.68. The van der Waals surface area contributed by atoms with Crippen molar-refractivity contribution < 1.29 is 29.0 Å². The molecule has 198 valence electrons. The second-order valence-corrected chi connectivity index (χ2v) is 9.67. The van der Waals surface area contributed by atoms with Gasteiger partial charge in [0, 0.05) is 24.3 Å². The van der Waals surface area contributed by atoms with Crippen molar-refractivity contribution in [1.82, 2.24) is 16.0 Å². The van der Waals surface area contributed by atoms with E-state index in [0.717, 1.165) is 32.1 Å². The van der Waals surface area contributed by atoms with Gasteiger partial charge in [0.25, 0.3) is 5.91 Å². The normalized spacial score (nSPS) is 24.2. The zero-order chi connectivity index (χ0) is 26.5. The summed E-state index contributed by atoms with van der Waals surface area (Å²) in [7, 11) is 0. The molecule has 1 aliphatic rings. The van der Waals surface area contributed by atoms with Crippen LogP contribution in [0, 0.1) is 17.8 Å². The van der Waals surface area contributed by atoms with Gasteiger partial charge in [-0.1, -0.05) is 66.4 Å². The molecule has 5 atom stereocenters. The number of carbonyl (C=O) groups is 4. The van der Waals surface area contributed by atoms with E-state index in [1.165, 1.54) is 19.1 Å². The summed E-state index contributed by atoms with van der Waals surface area (Å²) in [5.41, 5.74) is 0.138. The van der Waals surface area contributed by atoms with Crippen LogP contribution in [0.5, 0.6) is 0 Å². The highest BCUT2D eigenvalue weighted by Gasteiger charge is 2.38. The van der Waals surface area contributed by atoms with Crippen molar-refractivity contribution in [3.8, 4) is 0 Å². The standard InChI is InChI=1S/C26H43N3O6/c1-7-8-9-10-11-17(4)20(14-15-30)23-25(33)27-18(5)12-13-21(31)28-19(6)24(32)29-22(16(2)3)26(34)35-23/h12-13,16-17,19-20,22-23,30H,5,7-11,14-15H2,1-4,6H3,(H,27,33)(H,28,31)(H,29,32). The number of unbranched alkanes of at least 4 members (excludes halogenated alkanes) is 3. The molecule has 0 aliphatic carbocycles. The Balaban J connectivity index is 3.32. The second kappa shape index (κ2) is 15.3. The number of aliphatic hydroxyl groups is 1. The molecule has 1 aliphatic heterocycles. The van der Waals surface area contributed by atoms with E-state index in [2.05, 4.69) is 29.5 Å². The summed E-state index contributed by atoms with van der Waals surface area (Å²) >= 11 is 0. The van der Waals surface area contributed by atoms with Crippen molar-refractivity contribution >= 4 is 23.7 Å². The van der Waals surface area contributed by atoms with Gasteiger partial charge >= 0.3 is 5.97 Å². The van der Waals surface area contributed by atoms with E-state index in [0.29, 0.717) is 0 Å². The van der Waals surface area contributed by atoms with Crippen molar-refractivity contribution in [3.63, 3.8) is 0 Å². The SMILES string of the molecule is C=C1C=CC(=O)NC(C)C(=O)NC(C(C)C)C(=O)OC(C(CCO)C(C)CCCCCC)C(=O)N1. The van der Waals surface area contributed by atoms with Gasteiger partial charge < -0.3 is 25.8 Å². The smallest absolute Gasteiger partial charge is 0.329 e. The van der Waals surface area contributed by atoms with E-state index >= 15 is 0 Å². The first-order valence-electron chi connectivity index (χ1n) is 12.6. The van der Waals surface area contributed by atoms with Crippen LogP contribution in [0.25, 0.3) is 0 Å².